The zero-order chi connectivity index (χ0) is 10.8. The molecule has 0 spiro atoms. The molecule has 3 nitrogen and oxygen atoms in total. The average Bonchev–Trinajstić information content (AvgIpc) is 2.17. The SMILES string of the molecule is Cc1ccc2c(Cl)nc(CCO)nc2c1. The molecule has 0 bridgehead atoms. The van der Waals surface area contributed by atoms with Gasteiger partial charge in [-0.05, 0) is 24.6 Å². The number of halogens is 1. The zero-order valence-electron chi connectivity index (χ0n) is 8.37. The standard InChI is InChI=1S/C11H11ClN2O/c1-7-2-3-8-9(6-7)13-10(4-5-15)14-11(8)12/h2-3,6,15H,4-5H2,1H3. The van der Waals surface area contributed by atoms with Crippen molar-refractivity contribution in [3.05, 3.63) is 34.7 Å². The summed E-state index contributed by atoms with van der Waals surface area (Å²) in [5.74, 6) is 0.584. The normalized spacial score (nSPS) is 10.9. The largest absolute Gasteiger partial charge is 0.396 e. The fourth-order valence-electron chi connectivity index (χ4n) is 1.46. The van der Waals surface area contributed by atoms with Crippen molar-refractivity contribution >= 4 is 22.5 Å². The van der Waals surface area contributed by atoms with E-state index < -0.39 is 0 Å². The first kappa shape index (κ1) is 10.3. The van der Waals surface area contributed by atoms with Gasteiger partial charge in [0.1, 0.15) is 11.0 Å². The number of fused-ring (bicyclic) bond motifs is 1. The van der Waals surface area contributed by atoms with E-state index >= 15 is 0 Å². The Labute approximate surface area is 92.7 Å². The van der Waals surface area contributed by atoms with Gasteiger partial charge in [0.15, 0.2) is 0 Å². The lowest BCUT2D eigenvalue weighted by Gasteiger charge is -2.03. The first-order valence-electron chi connectivity index (χ1n) is 4.74. The number of aliphatic hydroxyl groups excluding tert-OH is 1. The van der Waals surface area contributed by atoms with Crippen molar-refractivity contribution < 1.29 is 5.11 Å². The lowest BCUT2D eigenvalue weighted by atomic mass is 10.2. The predicted octanol–water partition coefficient (Wildman–Crippen LogP) is 2.13. The van der Waals surface area contributed by atoms with Gasteiger partial charge in [0.2, 0.25) is 0 Å². The van der Waals surface area contributed by atoms with Crippen molar-refractivity contribution in [2.45, 2.75) is 13.3 Å². The quantitative estimate of drug-likeness (QED) is 0.792. The monoisotopic (exact) mass is 222 g/mol. The fraction of sp³-hybridized carbons (Fsp3) is 0.273. The van der Waals surface area contributed by atoms with Crippen LogP contribution in [0.1, 0.15) is 11.4 Å². The highest BCUT2D eigenvalue weighted by Gasteiger charge is 2.05. The number of hydrogen-bond acceptors (Lipinski definition) is 3. The molecule has 0 aliphatic heterocycles. The van der Waals surface area contributed by atoms with E-state index in [1.165, 1.54) is 0 Å². The van der Waals surface area contributed by atoms with E-state index in [0.717, 1.165) is 16.5 Å². The Hall–Kier alpha value is -1.19. The smallest absolute Gasteiger partial charge is 0.140 e. The second-order valence-electron chi connectivity index (χ2n) is 3.42. The van der Waals surface area contributed by atoms with Gasteiger partial charge in [-0.1, -0.05) is 17.7 Å². The van der Waals surface area contributed by atoms with E-state index in [-0.39, 0.29) is 6.61 Å². The highest BCUT2D eigenvalue weighted by Crippen LogP contribution is 2.21. The molecule has 1 N–H and O–H groups in total. The number of nitrogens with zero attached hydrogens (tertiary/aromatic N) is 2. The molecule has 78 valence electrons. The number of rotatable bonds is 2. The van der Waals surface area contributed by atoms with Crippen LogP contribution in [0, 0.1) is 6.92 Å². The molecule has 0 aliphatic rings. The summed E-state index contributed by atoms with van der Waals surface area (Å²) in [5.41, 5.74) is 1.96. The summed E-state index contributed by atoms with van der Waals surface area (Å²) >= 11 is 6.02. The number of aliphatic hydroxyl groups is 1. The molecule has 2 aromatic rings. The average molecular weight is 223 g/mol. The Bertz CT molecular complexity index is 499. The van der Waals surface area contributed by atoms with E-state index in [1.807, 2.05) is 25.1 Å². The maximum absolute atomic E-state index is 8.81. The van der Waals surface area contributed by atoms with Crippen LogP contribution in [0.3, 0.4) is 0 Å². The molecule has 0 unspecified atom stereocenters. The van der Waals surface area contributed by atoms with Gasteiger partial charge in [-0.3, -0.25) is 0 Å². The lowest BCUT2D eigenvalue weighted by molar-refractivity contribution is 0.297. The summed E-state index contributed by atoms with van der Waals surface area (Å²) in [6, 6.07) is 5.85. The Morgan fingerprint density at radius 2 is 2.13 bits per heavy atom. The second-order valence-corrected chi connectivity index (χ2v) is 3.78. The molecular formula is C11H11ClN2O. The molecule has 1 aromatic carbocycles. The molecule has 2 rings (SSSR count). The van der Waals surface area contributed by atoms with Crippen LogP contribution in [0.5, 0.6) is 0 Å². The molecule has 0 saturated carbocycles. The Morgan fingerprint density at radius 1 is 1.33 bits per heavy atom. The summed E-state index contributed by atoms with van der Waals surface area (Å²) in [4.78, 5) is 8.45. The van der Waals surface area contributed by atoms with Crippen molar-refractivity contribution in [2.75, 3.05) is 6.61 Å². The van der Waals surface area contributed by atoms with Crippen molar-refractivity contribution in [3.8, 4) is 0 Å². The second kappa shape index (κ2) is 4.13. The van der Waals surface area contributed by atoms with Gasteiger partial charge >= 0.3 is 0 Å². The molecule has 0 saturated heterocycles. The van der Waals surface area contributed by atoms with Gasteiger partial charge in [-0.25, -0.2) is 9.97 Å². The van der Waals surface area contributed by atoms with Gasteiger partial charge in [-0.2, -0.15) is 0 Å². The van der Waals surface area contributed by atoms with Crippen molar-refractivity contribution in [2.24, 2.45) is 0 Å². The maximum Gasteiger partial charge on any atom is 0.140 e. The minimum absolute atomic E-state index is 0.0354. The van der Waals surface area contributed by atoms with Crippen LogP contribution in [0.25, 0.3) is 10.9 Å². The minimum atomic E-state index is 0.0354. The maximum atomic E-state index is 8.81. The third kappa shape index (κ3) is 2.08. The summed E-state index contributed by atoms with van der Waals surface area (Å²) < 4.78 is 0. The van der Waals surface area contributed by atoms with Crippen LogP contribution in [-0.2, 0) is 6.42 Å². The number of benzene rings is 1. The van der Waals surface area contributed by atoms with E-state index in [4.69, 9.17) is 16.7 Å². The van der Waals surface area contributed by atoms with Gasteiger partial charge in [0, 0.05) is 11.8 Å². The molecule has 15 heavy (non-hydrogen) atoms. The molecule has 1 aromatic heterocycles. The molecule has 1 heterocycles. The summed E-state index contributed by atoms with van der Waals surface area (Å²) in [7, 11) is 0. The number of aromatic nitrogens is 2. The third-order valence-corrected chi connectivity index (χ3v) is 2.48. The molecule has 0 amide bonds. The highest BCUT2D eigenvalue weighted by molar-refractivity contribution is 6.34. The van der Waals surface area contributed by atoms with E-state index in [2.05, 4.69) is 9.97 Å². The fourth-order valence-corrected chi connectivity index (χ4v) is 1.72. The predicted molar refractivity (Wildman–Crippen MR) is 60.1 cm³/mol. The van der Waals surface area contributed by atoms with Crippen LogP contribution in [0.4, 0.5) is 0 Å². The number of aryl methyl sites for hydroxylation is 1. The Balaban J connectivity index is 2.63. The molecule has 0 atom stereocenters. The minimum Gasteiger partial charge on any atom is -0.396 e. The molecule has 0 aliphatic carbocycles. The summed E-state index contributed by atoms with van der Waals surface area (Å²) in [5, 5.41) is 10.1. The number of hydrogen-bond donors (Lipinski definition) is 1. The lowest BCUT2D eigenvalue weighted by Crippen LogP contribution is -1.99. The van der Waals surface area contributed by atoms with E-state index in [9.17, 15) is 0 Å². The summed E-state index contributed by atoms with van der Waals surface area (Å²) in [6.07, 6.45) is 0.434. The van der Waals surface area contributed by atoms with Crippen LogP contribution >= 0.6 is 11.6 Å². The van der Waals surface area contributed by atoms with Crippen LogP contribution in [-0.4, -0.2) is 21.7 Å². The van der Waals surface area contributed by atoms with E-state index in [1.54, 1.807) is 0 Å². The van der Waals surface area contributed by atoms with Gasteiger partial charge in [-0.15, -0.1) is 0 Å². The summed E-state index contributed by atoms with van der Waals surface area (Å²) in [6.45, 7) is 2.04. The Morgan fingerprint density at radius 3 is 2.87 bits per heavy atom. The molecule has 0 fully saturated rings. The molecular weight excluding hydrogens is 212 g/mol. The van der Waals surface area contributed by atoms with Gasteiger partial charge in [0.25, 0.3) is 0 Å². The third-order valence-electron chi connectivity index (χ3n) is 2.19. The molecule has 0 radical (unpaired) electrons. The van der Waals surface area contributed by atoms with Crippen LogP contribution in [0.15, 0.2) is 18.2 Å². The van der Waals surface area contributed by atoms with Crippen molar-refractivity contribution in [1.82, 2.24) is 9.97 Å². The van der Waals surface area contributed by atoms with Crippen molar-refractivity contribution in [1.29, 1.82) is 0 Å². The Kier molecular flexibility index (Phi) is 2.84. The van der Waals surface area contributed by atoms with E-state index in [0.29, 0.717) is 17.4 Å². The molecule has 4 heteroatoms. The zero-order valence-corrected chi connectivity index (χ0v) is 9.12. The van der Waals surface area contributed by atoms with Gasteiger partial charge < -0.3 is 5.11 Å². The van der Waals surface area contributed by atoms with Gasteiger partial charge in [0.05, 0.1) is 12.1 Å². The first-order chi connectivity index (χ1) is 7.20. The van der Waals surface area contributed by atoms with Crippen molar-refractivity contribution in [3.63, 3.8) is 0 Å². The first-order valence-corrected chi connectivity index (χ1v) is 5.12. The van der Waals surface area contributed by atoms with Crippen LogP contribution in [0.2, 0.25) is 5.15 Å². The highest BCUT2D eigenvalue weighted by atomic mass is 35.5. The van der Waals surface area contributed by atoms with Crippen LogP contribution < -0.4 is 0 Å². The topological polar surface area (TPSA) is 46.0 Å².